The standard InChI is InChI=1S/C25H39S2.3CH3.Sn/c1-4-6-8-10-12-14-16-22-18-24(26-20-22)25-19-23(21(3)27-25)17-15-13-11-9-7-5-2;;;;/h18-19H,4-17H2,1-3H3;3*1H3;. The Morgan fingerprint density at radius 1 is 0.613 bits per heavy atom. The van der Waals surface area contributed by atoms with Gasteiger partial charge in [0, 0.05) is 0 Å². The van der Waals surface area contributed by atoms with E-state index < -0.39 is 18.4 Å². The number of thiophene rings is 2. The van der Waals surface area contributed by atoms with E-state index in [1.54, 1.807) is 20.9 Å². The van der Waals surface area contributed by atoms with Crippen molar-refractivity contribution in [2.45, 2.75) is 125 Å². The first-order valence-corrected chi connectivity index (χ1v) is 24.7. The molecule has 176 valence electrons. The SMILES string of the molecule is CCCCCCCCc1cc(-c2cc(CCCCCCCC)[c]([Sn]([CH3])([CH3])[CH3])s2)sc1C. The third-order valence-corrected chi connectivity index (χ3v) is 18.4. The van der Waals surface area contributed by atoms with Gasteiger partial charge >= 0.3 is 194 Å². The van der Waals surface area contributed by atoms with Gasteiger partial charge in [0.2, 0.25) is 0 Å². The molecule has 0 aromatic carbocycles. The molecule has 2 rings (SSSR count). The van der Waals surface area contributed by atoms with Crippen molar-refractivity contribution in [2.75, 3.05) is 0 Å². The summed E-state index contributed by atoms with van der Waals surface area (Å²) in [5.74, 6) is 0. The number of unbranched alkanes of at least 4 members (excludes halogenated alkanes) is 10. The van der Waals surface area contributed by atoms with Crippen LogP contribution in [-0.4, -0.2) is 18.4 Å². The Bertz CT molecular complexity index is 748. The summed E-state index contributed by atoms with van der Waals surface area (Å²) >= 11 is 2.12. The van der Waals surface area contributed by atoms with Crippen LogP contribution >= 0.6 is 22.7 Å². The minimum atomic E-state index is -2.08. The third-order valence-electron chi connectivity index (χ3n) is 6.35. The molecule has 0 amide bonds. The molecule has 0 aliphatic rings. The van der Waals surface area contributed by atoms with E-state index in [0.717, 1.165) is 0 Å². The van der Waals surface area contributed by atoms with Gasteiger partial charge in [-0.1, -0.05) is 13.3 Å². The molecule has 0 N–H and O–H groups in total. The summed E-state index contributed by atoms with van der Waals surface area (Å²) in [6.07, 6.45) is 19.3. The predicted molar refractivity (Wildman–Crippen MR) is 150 cm³/mol. The van der Waals surface area contributed by atoms with E-state index in [2.05, 4.69) is 59.1 Å². The van der Waals surface area contributed by atoms with E-state index in [4.69, 9.17) is 0 Å². The van der Waals surface area contributed by atoms with Crippen LogP contribution < -0.4 is 2.89 Å². The van der Waals surface area contributed by atoms with Crippen LogP contribution in [0.2, 0.25) is 14.8 Å². The maximum atomic E-state index is 2.60. The van der Waals surface area contributed by atoms with Crippen LogP contribution in [0.4, 0.5) is 0 Å². The molecule has 31 heavy (non-hydrogen) atoms. The molecular weight excluding hydrogens is 519 g/mol. The normalized spacial score (nSPS) is 12.1. The Hall–Kier alpha value is 0.199. The van der Waals surface area contributed by atoms with Crippen LogP contribution in [0.5, 0.6) is 0 Å². The zero-order valence-electron chi connectivity index (χ0n) is 21.4. The first-order chi connectivity index (χ1) is 14.9. The van der Waals surface area contributed by atoms with E-state index in [1.165, 1.54) is 94.8 Å². The molecule has 2 heterocycles. The van der Waals surface area contributed by atoms with E-state index >= 15 is 0 Å². The zero-order chi connectivity index (χ0) is 22.7. The average molecular weight is 568 g/mol. The van der Waals surface area contributed by atoms with Gasteiger partial charge in [0.1, 0.15) is 0 Å². The average Bonchev–Trinajstić information content (AvgIpc) is 3.31. The zero-order valence-corrected chi connectivity index (χ0v) is 25.9. The fourth-order valence-corrected chi connectivity index (χ4v) is 13.7. The molecule has 0 unspecified atom stereocenters. The van der Waals surface area contributed by atoms with Crippen molar-refractivity contribution in [3.8, 4) is 9.75 Å². The fraction of sp³-hybridized carbons (Fsp3) is 0.714. The molecule has 0 atom stereocenters. The third kappa shape index (κ3) is 9.53. The summed E-state index contributed by atoms with van der Waals surface area (Å²) in [7, 11) is 0. The van der Waals surface area contributed by atoms with Crippen LogP contribution in [0.1, 0.15) is 107 Å². The number of rotatable bonds is 16. The monoisotopic (exact) mass is 568 g/mol. The van der Waals surface area contributed by atoms with E-state index in [-0.39, 0.29) is 0 Å². The van der Waals surface area contributed by atoms with Gasteiger partial charge in [0.15, 0.2) is 0 Å². The second kappa shape index (κ2) is 14.5. The second-order valence-corrected chi connectivity index (χ2v) is 28.1. The van der Waals surface area contributed by atoms with Gasteiger partial charge in [-0.25, -0.2) is 0 Å². The van der Waals surface area contributed by atoms with Crippen LogP contribution in [-0.2, 0) is 12.8 Å². The molecule has 0 saturated heterocycles. The van der Waals surface area contributed by atoms with Crippen LogP contribution in [0, 0.1) is 6.92 Å². The van der Waals surface area contributed by atoms with Gasteiger partial charge in [0.25, 0.3) is 0 Å². The quantitative estimate of drug-likeness (QED) is 0.140. The van der Waals surface area contributed by atoms with Gasteiger partial charge in [-0.2, -0.15) is 0 Å². The Kier molecular flexibility index (Phi) is 12.8. The molecule has 0 saturated carbocycles. The van der Waals surface area contributed by atoms with E-state index in [9.17, 15) is 0 Å². The molecule has 2 aromatic heterocycles. The predicted octanol–water partition coefficient (Wildman–Crippen LogP) is 10.1. The first-order valence-electron chi connectivity index (χ1n) is 13.1. The molecule has 0 aliphatic heterocycles. The van der Waals surface area contributed by atoms with Crippen LogP contribution in [0.15, 0.2) is 12.1 Å². The van der Waals surface area contributed by atoms with Gasteiger partial charge in [0.05, 0.1) is 0 Å². The molecule has 0 radical (unpaired) electrons. The van der Waals surface area contributed by atoms with Gasteiger partial charge < -0.3 is 0 Å². The first kappa shape index (κ1) is 27.4. The molecule has 0 bridgehead atoms. The van der Waals surface area contributed by atoms with E-state index in [0.29, 0.717) is 0 Å². The summed E-state index contributed by atoms with van der Waals surface area (Å²) in [5.41, 5.74) is 3.32. The Morgan fingerprint density at radius 3 is 1.61 bits per heavy atom. The molecule has 0 fully saturated rings. The van der Waals surface area contributed by atoms with Gasteiger partial charge in [-0.05, 0) is 0 Å². The molecule has 0 aliphatic carbocycles. The van der Waals surface area contributed by atoms with Gasteiger partial charge in [-0.3, -0.25) is 0 Å². The molecule has 3 heteroatoms. The van der Waals surface area contributed by atoms with Crippen molar-refractivity contribution in [1.82, 2.24) is 0 Å². The second-order valence-electron chi connectivity index (χ2n) is 10.4. The van der Waals surface area contributed by atoms with Crippen LogP contribution in [0.25, 0.3) is 9.75 Å². The summed E-state index contributed by atoms with van der Waals surface area (Å²) in [6, 6.07) is 5.13. The summed E-state index contributed by atoms with van der Waals surface area (Å²) in [5, 5.41) is 0. The Morgan fingerprint density at radius 2 is 1.06 bits per heavy atom. The summed E-state index contributed by atoms with van der Waals surface area (Å²) < 4.78 is 1.82. The molecule has 0 spiro atoms. The maximum absolute atomic E-state index is 2.60. The van der Waals surface area contributed by atoms with Gasteiger partial charge in [-0.15, -0.1) is 0 Å². The Labute approximate surface area is 206 Å². The van der Waals surface area contributed by atoms with Crippen molar-refractivity contribution in [1.29, 1.82) is 0 Å². The van der Waals surface area contributed by atoms with Crippen LogP contribution in [0.3, 0.4) is 0 Å². The number of aryl methyl sites for hydroxylation is 3. The minimum absolute atomic E-state index is 1.27. The number of hydrogen-bond acceptors (Lipinski definition) is 2. The van der Waals surface area contributed by atoms with E-state index in [1.807, 2.05) is 14.2 Å². The van der Waals surface area contributed by atoms with Crippen molar-refractivity contribution in [3.05, 3.63) is 28.1 Å². The molecule has 2 aromatic rings. The topological polar surface area (TPSA) is 0 Å². The fourth-order valence-electron chi connectivity index (χ4n) is 4.45. The van der Waals surface area contributed by atoms with Crippen molar-refractivity contribution in [2.24, 2.45) is 0 Å². The number of hydrogen-bond donors (Lipinski definition) is 0. The van der Waals surface area contributed by atoms with Crippen molar-refractivity contribution >= 4 is 43.9 Å². The summed E-state index contributed by atoms with van der Waals surface area (Å²) in [6.45, 7) is 6.95. The Balaban J connectivity index is 2.00. The molecule has 0 nitrogen and oxygen atoms in total. The van der Waals surface area contributed by atoms with Crippen molar-refractivity contribution < 1.29 is 0 Å². The summed E-state index contributed by atoms with van der Waals surface area (Å²) in [4.78, 5) is 12.4. The molecular formula is C28H48S2Sn. The van der Waals surface area contributed by atoms with Crippen molar-refractivity contribution in [3.63, 3.8) is 0 Å².